The number of nitrogens with zero attached hydrogens (tertiary/aromatic N) is 1. The normalized spacial score (nSPS) is 19.2. The van der Waals surface area contributed by atoms with Gasteiger partial charge in [0.2, 0.25) is 5.91 Å². The van der Waals surface area contributed by atoms with Crippen LogP contribution in [0.15, 0.2) is 24.3 Å². The number of fused-ring (bicyclic) bond motifs is 1. The highest BCUT2D eigenvalue weighted by Crippen LogP contribution is 2.30. The number of amides is 1. The van der Waals surface area contributed by atoms with E-state index in [1.54, 1.807) is 18.9 Å². The van der Waals surface area contributed by atoms with Gasteiger partial charge in [0.15, 0.2) is 17.6 Å². The Morgan fingerprint density at radius 2 is 2.17 bits per heavy atom. The van der Waals surface area contributed by atoms with E-state index in [9.17, 15) is 4.79 Å². The van der Waals surface area contributed by atoms with Crippen LogP contribution >= 0.6 is 11.6 Å². The molecule has 1 aromatic carbocycles. The number of rotatable bonds is 3. The number of hydrogen-bond donors (Lipinski definition) is 0. The van der Waals surface area contributed by atoms with E-state index >= 15 is 0 Å². The summed E-state index contributed by atoms with van der Waals surface area (Å²) in [4.78, 5) is 13.2. The molecule has 0 aliphatic carbocycles. The molecule has 0 saturated carbocycles. The highest BCUT2D eigenvalue weighted by molar-refractivity contribution is 6.30. The summed E-state index contributed by atoms with van der Waals surface area (Å²) in [5.74, 6) is 1.35. The number of para-hydroxylation sites is 2. The van der Waals surface area contributed by atoms with Crippen molar-refractivity contribution in [2.75, 3.05) is 20.2 Å². The Morgan fingerprint density at radius 3 is 2.83 bits per heavy atom. The minimum Gasteiger partial charge on any atom is -0.486 e. The van der Waals surface area contributed by atoms with Crippen molar-refractivity contribution >= 4 is 17.5 Å². The number of ether oxygens (including phenoxy) is 2. The van der Waals surface area contributed by atoms with Crippen LogP contribution in [0.25, 0.3) is 0 Å². The number of alkyl halides is 1. The molecule has 18 heavy (non-hydrogen) atoms. The molecule has 0 radical (unpaired) electrons. The summed E-state index contributed by atoms with van der Waals surface area (Å²) in [6.07, 6.45) is -0.163. The van der Waals surface area contributed by atoms with E-state index in [-0.39, 0.29) is 12.0 Å². The summed E-state index contributed by atoms with van der Waals surface area (Å²) < 4.78 is 11.4. The second-order valence-electron chi connectivity index (χ2n) is 4.33. The van der Waals surface area contributed by atoms with Crippen LogP contribution < -0.4 is 9.47 Å². The molecule has 1 amide bonds. The maximum absolute atomic E-state index is 11.7. The minimum absolute atomic E-state index is 0.112. The zero-order valence-corrected chi connectivity index (χ0v) is 11.2. The van der Waals surface area contributed by atoms with E-state index in [0.29, 0.717) is 18.9 Å². The van der Waals surface area contributed by atoms with Crippen molar-refractivity contribution in [3.63, 3.8) is 0 Å². The van der Waals surface area contributed by atoms with Crippen molar-refractivity contribution in [3.05, 3.63) is 24.3 Å². The van der Waals surface area contributed by atoms with Gasteiger partial charge in [-0.3, -0.25) is 4.79 Å². The maximum atomic E-state index is 11.7. The smallest absolute Gasteiger partial charge is 0.240 e. The Balaban J connectivity index is 1.96. The molecule has 2 atom stereocenters. The molecule has 0 aromatic heterocycles. The summed E-state index contributed by atoms with van der Waals surface area (Å²) in [7, 11) is 1.71. The third-order valence-corrected chi connectivity index (χ3v) is 2.95. The van der Waals surface area contributed by atoms with Crippen molar-refractivity contribution in [1.29, 1.82) is 0 Å². The van der Waals surface area contributed by atoms with E-state index in [1.807, 2.05) is 24.3 Å². The lowest BCUT2D eigenvalue weighted by atomic mass is 10.2. The van der Waals surface area contributed by atoms with Crippen LogP contribution in [0.4, 0.5) is 0 Å². The highest BCUT2D eigenvalue weighted by atomic mass is 35.5. The first kappa shape index (κ1) is 13.0. The Hall–Kier alpha value is -1.42. The molecule has 0 N–H and O–H groups in total. The predicted molar refractivity (Wildman–Crippen MR) is 69.3 cm³/mol. The lowest BCUT2D eigenvalue weighted by molar-refractivity contribution is -0.130. The SMILES string of the molecule is C[C@H](Cl)C(=O)N(C)C[C@H]1COc2ccccc2O1. The fraction of sp³-hybridized carbons (Fsp3) is 0.462. The predicted octanol–water partition coefficient (Wildman–Crippen LogP) is 1.91. The van der Waals surface area contributed by atoms with Gasteiger partial charge in [0.1, 0.15) is 12.0 Å². The number of benzene rings is 1. The zero-order chi connectivity index (χ0) is 13.1. The summed E-state index contributed by atoms with van der Waals surface area (Å²) >= 11 is 5.76. The first-order valence-electron chi connectivity index (χ1n) is 5.85. The van der Waals surface area contributed by atoms with Crippen LogP contribution in [0.3, 0.4) is 0 Å². The van der Waals surface area contributed by atoms with Crippen LogP contribution in [0.2, 0.25) is 0 Å². The maximum Gasteiger partial charge on any atom is 0.240 e. The number of carbonyl (C=O) groups is 1. The van der Waals surface area contributed by atoms with Gasteiger partial charge in [0.25, 0.3) is 0 Å². The van der Waals surface area contributed by atoms with Crippen molar-refractivity contribution < 1.29 is 14.3 Å². The molecule has 4 nitrogen and oxygen atoms in total. The van der Waals surface area contributed by atoms with Gasteiger partial charge in [-0.25, -0.2) is 0 Å². The van der Waals surface area contributed by atoms with Crippen LogP contribution in [0.1, 0.15) is 6.92 Å². The first-order chi connectivity index (χ1) is 8.58. The van der Waals surface area contributed by atoms with Crippen LogP contribution in [0.5, 0.6) is 11.5 Å². The molecule has 0 bridgehead atoms. The van der Waals surface area contributed by atoms with Gasteiger partial charge in [0.05, 0.1) is 6.54 Å². The van der Waals surface area contributed by atoms with E-state index in [2.05, 4.69) is 0 Å². The molecule has 0 fully saturated rings. The molecule has 0 spiro atoms. The highest BCUT2D eigenvalue weighted by Gasteiger charge is 2.24. The van der Waals surface area contributed by atoms with Gasteiger partial charge in [-0.15, -0.1) is 11.6 Å². The number of carbonyl (C=O) groups excluding carboxylic acids is 1. The Labute approximate surface area is 111 Å². The minimum atomic E-state index is -0.521. The van der Waals surface area contributed by atoms with Gasteiger partial charge in [-0.05, 0) is 19.1 Å². The number of halogens is 1. The molecule has 0 saturated heterocycles. The van der Waals surface area contributed by atoms with Crippen LogP contribution in [-0.4, -0.2) is 42.5 Å². The molecular weight excluding hydrogens is 254 g/mol. The molecule has 1 aliphatic rings. The standard InChI is InChI=1S/C13H16ClNO3/c1-9(14)13(16)15(2)7-10-8-17-11-5-3-4-6-12(11)18-10/h3-6,9-10H,7-8H2,1-2H3/t9-,10-/m0/s1. The molecule has 1 aliphatic heterocycles. The monoisotopic (exact) mass is 269 g/mol. The zero-order valence-electron chi connectivity index (χ0n) is 10.4. The van der Waals surface area contributed by atoms with Crippen molar-refractivity contribution in [2.45, 2.75) is 18.4 Å². The van der Waals surface area contributed by atoms with E-state index in [1.165, 1.54) is 0 Å². The van der Waals surface area contributed by atoms with Crippen molar-refractivity contribution in [1.82, 2.24) is 4.90 Å². The van der Waals surface area contributed by atoms with Gasteiger partial charge >= 0.3 is 0 Å². The van der Waals surface area contributed by atoms with Gasteiger partial charge < -0.3 is 14.4 Å². The average Bonchev–Trinajstić information content (AvgIpc) is 2.37. The summed E-state index contributed by atoms with van der Waals surface area (Å²) in [6.45, 7) is 2.56. The molecule has 5 heteroatoms. The molecule has 1 heterocycles. The summed E-state index contributed by atoms with van der Waals surface area (Å²) in [5, 5.41) is -0.521. The van der Waals surface area contributed by atoms with Crippen molar-refractivity contribution in [2.24, 2.45) is 0 Å². The topological polar surface area (TPSA) is 38.8 Å². The first-order valence-corrected chi connectivity index (χ1v) is 6.29. The van der Waals surface area contributed by atoms with Gasteiger partial charge in [-0.1, -0.05) is 12.1 Å². The average molecular weight is 270 g/mol. The van der Waals surface area contributed by atoms with Crippen LogP contribution in [0, 0.1) is 0 Å². The van der Waals surface area contributed by atoms with Gasteiger partial charge in [0, 0.05) is 7.05 Å². The second-order valence-corrected chi connectivity index (χ2v) is 4.99. The Kier molecular flexibility index (Phi) is 3.97. The molecule has 2 rings (SSSR count). The third kappa shape index (κ3) is 2.88. The third-order valence-electron chi connectivity index (χ3n) is 2.76. The summed E-state index contributed by atoms with van der Waals surface area (Å²) in [5.41, 5.74) is 0. The molecule has 1 aromatic rings. The van der Waals surface area contributed by atoms with Gasteiger partial charge in [-0.2, -0.15) is 0 Å². The molecule has 0 unspecified atom stereocenters. The Morgan fingerprint density at radius 1 is 1.50 bits per heavy atom. The fourth-order valence-corrected chi connectivity index (χ4v) is 2.02. The number of hydrogen-bond acceptors (Lipinski definition) is 3. The van der Waals surface area contributed by atoms with E-state index in [0.717, 1.165) is 5.75 Å². The number of likely N-dealkylation sites (N-methyl/N-ethyl adjacent to an activating group) is 1. The summed E-state index contributed by atoms with van der Waals surface area (Å²) in [6, 6.07) is 7.50. The van der Waals surface area contributed by atoms with Crippen LogP contribution in [-0.2, 0) is 4.79 Å². The second kappa shape index (κ2) is 5.48. The lowest BCUT2D eigenvalue weighted by Gasteiger charge is -2.30. The Bertz CT molecular complexity index is 436. The molecule has 98 valence electrons. The molecular formula is C13H16ClNO3. The largest absolute Gasteiger partial charge is 0.486 e. The quantitative estimate of drug-likeness (QED) is 0.787. The van der Waals surface area contributed by atoms with Crippen molar-refractivity contribution in [3.8, 4) is 11.5 Å². The lowest BCUT2D eigenvalue weighted by Crippen LogP contribution is -2.43. The van der Waals surface area contributed by atoms with E-state index in [4.69, 9.17) is 21.1 Å². The fourth-order valence-electron chi connectivity index (χ4n) is 1.85. The van der Waals surface area contributed by atoms with E-state index < -0.39 is 5.38 Å².